The summed E-state index contributed by atoms with van der Waals surface area (Å²) < 4.78 is 5.74. The monoisotopic (exact) mass is 312 g/mol. The van der Waals surface area contributed by atoms with Crippen LogP contribution < -0.4 is 5.32 Å². The highest BCUT2D eigenvalue weighted by molar-refractivity contribution is 8.02. The van der Waals surface area contributed by atoms with Crippen molar-refractivity contribution in [3.63, 3.8) is 0 Å². The van der Waals surface area contributed by atoms with Gasteiger partial charge in [0.15, 0.2) is 10.2 Å². The standard InChI is InChI=1S/C12H16N4O2S2/c1-3-4-5-9(20-12-15-13-7-19-12)11(17)14-10-6-8(2)18-16-10/h6-7,9H,3-5H2,1-2H3,(H,14,16,17). The number of anilines is 1. The van der Waals surface area contributed by atoms with Gasteiger partial charge >= 0.3 is 0 Å². The predicted molar refractivity (Wildman–Crippen MR) is 78.9 cm³/mol. The van der Waals surface area contributed by atoms with Crippen molar-refractivity contribution in [1.82, 2.24) is 15.4 Å². The minimum Gasteiger partial charge on any atom is -0.360 e. The third kappa shape index (κ3) is 4.31. The first kappa shape index (κ1) is 15.0. The number of nitrogens with one attached hydrogen (secondary N) is 1. The number of amides is 1. The molecule has 6 nitrogen and oxygen atoms in total. The molecule has 0 saturated carbocycles. The first-order valence-electron chi connectivity index (χ1n) is 6.36. The summed E-state index contributed by atoms with van der Waals surface area (Å²) in [6.45, 7) is 3.89. The summed E-state index contributed by atoms with van der Waals surface area (Å²) in [5.74, 6) is 1.04. The lowest BCUT2D eigenvalue weighted by Gasteiger charge is -2.13. The Kier molecular flexibility index (Phi) is 5.54. The zero-order valence-corrected chi connectivity index (χ0v) is 13.0. The van der Waals surface area contributed by atoms with Gasteiger partial charge in [-0.25, -0.2) is 0 Å². The number of rotatable bonds is 7. The Morgan fingerprint density at radius 1 is 1.60 bits per heavy atom. The van der Waals surface area contributed by atoms with Crippen LogP contribution in [0.1, 0.15) is 31.9 Å². The van der Waals surface area contributed by atoms with Crippen LogP contribution >= 0.6 is 23.1 Å². The third-order valence-electron chi connectivity index (χ3n) is 2.57. The average Bonchev–Trinajstić information content (AvgIpc) is 3.06. The fourth-order valence-electron chi connectivity index (χ4n) is 1.60. The van der Waals surface area contributed by atoms with Gasteiger partial charge in [-0.2, -0.15) is 0 Å². The molecule has 0 aliphatic carbocycles. The van der Waals surface area contributed by atoms with Crippen molar-refractivity contribution >= 4 is 34.8 Å². The molecule has 108 valence electrons. The van der Waals surface area contributed by atoms with Crippen LogP contribution in [0.3, 0.4) is 0 Å². The molecule has 0 saturated heterocycles. The molecule has 0 aromatic carbocycles. The number of carbonyl (C=O) groups is 1. The zero-order chi connectivity index (χ0) is 14.4. The number of carbonyl (C=O) groups excluding carboxylic acids is 1. The Balaban J connectivity index is 1.99. The van der Waals surface area contributed by atoms with Gasteiger partial charge in [-0.1, -0.05) is 48.0 Å². The van der Waals surface area contributed by atoms with Crippen molar-refractivity contribution in [2.24, 2.45) is 0 Å². The van der Waals surface area contributed by atoms with Gasteiger partial charge in [0.25, 0.3) is 0 Å². The van der Waals surface area contributed by atoms with Gasteiger partial charge in [-0.05, 0) is 13.3 Å². The van der Waals surface area contributed by atoms with E-state index in [1.54, 1.807) is 18.5 Å². The largest absolute Gasteiger partial charge is 0.360 e. The molecule has 2 rings (SSSR count). The highest BCUT2D eigenvalue weighted by Crippen LogP contribution is 2.28. The molecule has 2 heterocycles. The maximum Gasteiger partial charge on any atom is 0.239 e. The number of unbranched alkanes of at least 4 members (excludes halogenated alkanes) is 1. The van der Waals surface area contributed by atoms with Crippen LogP contribution in [0.5, 0.6) is 0 Å². The number of aromatic nitrogens is 3. The topological polar surface area (TPSA) is 80.9 Å². The minimum absolute atomic E-state index is 0.0769. The molecule has 2 aromatic heterocycles. The molecule has 0 radical (unpaired) electrons. The van der Waals surface area contributed by atoms with Crippen LogP contribution in [0.2, 0.25) is 0 Å². The number of thioether (sulfide) groups is 1. The number of hydrogen-bond acceptors (Lipinski definition) is 7. The summed E-state index contributed by atoms with van der Waals surface area (Å²) in [5, 5.41) is 14.1. The van der Waals surface area contributed by atoms with Gasteiger partial charge in [0.05, 0.1) is 5.25 Å². The van der Waals surface area contributed by atoms with Gasteiger partial charge in [0.2, 0.25) is 5.91 Å². The average molecular weight is 312 g/mol. The summed E-state index contributed by atoms with van der Waals surface area (Å²) >= 11 is 2.88. The second-order valence-corrected chi connectivity index (χ2v) is 6.55. The molecule has 1 N–H and O–H groups in total. The summed E-state index contributed by atoms with van der Waals surface area (Å²) in [4.78, 5) is 12.3. The summed E-state index contributed by atoms with van der Waals surface area (Å²) in [5.41, 5.74) is 1.66. The van der Waals surface area contributed by atoms with E-state index in [0.29, 0.717) is 11.6 Å². The Morgan fingerprint density at radius 2 is 2.45 bits per heavy atom. The highest BCUT2D eigenvalue weighted by atomic mass is 32.2. The van der Waals surface area contributed by atoms with E-state index in [9.17, 15) is 4.79 Å². The minimum atomic E-state index is -0.195. The smallest absolute Gasteiger partial charge is 0.239 e. The van der Waals surface area contributed by atoms with Gasteiger partial charge < -0.3 is 9.84 Å². The predicted octanol–water partition coefficient (Wildman–Crippen LogP) is 3.12. The first-order chi connectivity index (χ1) is 9.69. The van der Waals surface area contributed by atoms with E-state index in [1.165, 1.54) is 23.1 Å². The molecule has 0 bridgehead atoms. The van der Waals surface area contributed by atoms with Crippen molar-refractivity contribution in [3.05, 3.63) is 17.3 Å². The van der Waals surface area contributed by atoms with Crippen LogP contribution in [0.4, 0.5) is 5.82 Å². The molecule has 1 atom stereocenters. The molecule has 0 spiro atoms. The second-order valence-electron chi connectivity index (χ2n) is 4.27. The molecule has 0 fully saturated rings. The van der Waals surface area contributed by atoms with Crippen LogP contribution in [0.15, 0.2) is 20.4 Å². The highest BCUT2D eigenvalue weighted by Gasteiger charge is 2.21. The van der Waals surface area contributed by atoms with Crippen molar-refractivity contribution in [2.75, 3.05) is 5.32 Å². The normalized spacial score (nSPS) is 12.3. The maximum atomic E-state index is 12.3. The molecule has 1 unspecified atom stereocenters. The zero-order valence-electron chi connectivity index (χ0n) is 11.3. The summed E-state index contributed by atoms with van der Waals surface area (Å²) in [6, 6.07) is 1.70. The van der Waals surface area contributed by atoms with Gasteiger partial charge in [0, 0.05) is 6.07 Å². The lowest BCUT2D eigenvalue weighted by molar-refractivity contribution is -0.115. The van der Waals surface area contributed by atoms with E-state index in [-0.39, 0.29) is 11.2 Å². The van der Waals surface area contributed by atoms with Crippen LogP contribution in [-0.2, 0) is 4.79 Å². The van der Waals surface area contributed by atoms with Crippen LogP contribution in [-0.4, -0.2) is 26.5 Å². The van der Waals surface area contributed by atoms with Crippen molar-refractivity contribution in [3.8, 4) is 0 Å². The number of aryl methyl sites for hydroxylation is 1. The van der Waals surface area contributed by atoms with E-state index in [4.69, 9.17) is 4.52 Å². The van der Waals surface area contributed by atoms with E-state index in [2.05, 4.69) is 27.6 Å². The molecule has 0 aliphatic heterocycles. The quantitative estimate of drug-likeness (QED) is 0.791. The van der Waals surface area contributed by atoms with Crippen molar-refractivity contribution in [2.45, 2.75) is 42.7 Å². The molecule has 8 heteroatoms. The van der Waals surface area contributed by atoms with E-state index >= 15 is 0 Å². The Labute approximate surface area is 125 Å². The van der Waals surface area contributed by atoms with Gasteiger partial charge in [-0.3, -0.25) is 4.79 Å². The number of nitrogens with zero attached hydrogens (tertiary/aromatic N) is 3. The number of hydrogen-bond donors (Lipinski definition) is 1. The van der Waals surface area contributed by atoms with Crippen molar-refractivity contribution < 1.29 is 9.32 Å². The Hall–Kier alpha value is -1.41. The van der Waals surface area contributed by atoms with E-state index in [0.717, 1.165) is 23.6 Å². The van der Waals surface area contributed by atoms with Crippen LogP contribution in [0.25, 0.3) is 0 Å². The second kappa shape index (κ2) is 7.39. The van der Waals surface area contributed by atoms with Crippen LogP contribution in [0, 0.1) is 6.92 Å². The van der Waals surface area contributed by atoms with E-state index < -0.39 is 0 Å². The maximum absolute atomic E-state index is 12.3. The van der Waals surface area contributed by atoms with Gasteiger partial charge in [0.1, 0.15) is 11.3 Å². The van der Waals surface area contributed by atoms with Crippen molar-refractivity contribution in [1.29, 1.82) is 0 Å². The molecule has 0 aliphatic rings. The fourth-order valence-corrected chi connectivity index (χ4v) is 3.37. The molecular formula is C12H16N4O2S2. The summed E-state index contributed by atoms with van der Waals surface area (Å²) in [6.07, 6.45) is 2.83. The SMILES string of the molecule is CCCCC(Sc1nncs1)C(=O)Nc1cc(C)on1. The molecule has 20 heavy (non-hydrogen) atoms. The Bertz CT molecular complexity index is 541. The van der Waals surface area contributed by atoms with Gasteiger partial charge in [-0.15, -0.1) is 10.2 Å². The lowest BCUT2D eigenvalue weighted by atomic mass is 10.2. The Morgan fingerprint density at radius 3 is 3.05 bits per heavy atom. The molecule has 2 aromatic rings. The fraction of sp³-hybridized carbons (Fsp3) is 0.500. The van der Waals surface area contributed by atoms with E-state index in [1.807, 2.05) is 0 Å². The third-order valence-corrected chi connectivity index (χ3v) is 4.65. The first-order valence-corrected chi connectivity index (χ1v) is 8.12. The molecular weight excluding hydrogens is 296 g/mol. The molecule has 1 amide bonds. The lowest BCUT2D eigenvalue weighted by Crippen LogP contribution is -2.25. The summed E-state index contributed by atoms with van der Waals surface area (Å²) in [7, 11) is 0.